The number of aliphatic hydroxyl groups excluding tert-OH is 4. The average molecular weight is 517 g/mol. The highest BCUT2D eigenvalue weighted by atomic mass is 16.6. The first-order chi connectivity index (χ1) is 17.0. The van der Waals surface area contributed by atoms with Crippen molar-refractivity contribution in [2.45, 2.75) is 6.92 Å². The van der Waals surface area contributed by atoms with Crippen molar-refractivity contribution >= 4 is 23.9 Å². The molecule has 0 fully saturated rings. The lowest BCUT2D eigenvalue weighted by molar-refractivity contribution is -0.164. The Balaban J connectivity index is 0. The molecule has 0 spiro atoms. The molecule has 0 aliphatic heterocycles. The van der Waals surface area contributed by atoms with Gasteiger partial charge in [0, 0.05) is 36.3 Å². The van der Waals surface area contributed by atoms with Gasteiger partial charge in [0.15, 0.2) is 0 Å². The molecule has 0 saturated carbocycles. The largest absolute Gasteiger partial charge is 0.462 e. The number of carbonyl (C=O) groups is 4. The van der Waals surface area contributed by atoms with Crippen LogP contribution < -0.4 is 0 Å². The molecule has 1 atom stereocenters. The van der Waals surface area contributed by atoms with Crippen molar-refractivity contribution in [2.24, 2.45) is 16.7 Å². The molecule has 4 N–H and O–H groups in total. The van der Waals surface area contributed by atoms with Crippen LogP contribution in [0, 0.1) is 16.7 Å². The highest BCUT2D eigenvalue weighted by molar-refractivity contribution is 5.82. The van der Waals surface area contributed by atoms with Crippen molar-refractivity contribution in [2.75, 3.05) is 52.9 Å². The van der Waals surface area contributed by atoms with E-state index in [1.165, 1.54) is 0 Å². The smallest absolute Gasteiger partial charge is 0.330 e. The van der Waals surface area contributed by atoms with Crippen molar-refractivity contribution in [3.8, 4) is 0 Å². The number of esters is 4. The van der Waals surface area contributed by atoms with Crippen molar-refractivity contribution in [3.05, 3.63) is 50.6 Å². The summed E-state index contributed by atoms with van der Waals surface area (Å²) in [7, 11) is 0. The summed E-state index contributed by atoms with van der Waals surface area (Å²) in [5.41, 5.74) is -2.29. The van der Waals surface area contributed by atoms with E-state index in [1.807, 2.05) is 0 Å². The van der Waals surface area contributed by atoms with E-state index in [0.717, 1.165) is 24.3 Å². The van der Waals surface area contributed by atoms with Crippen molar-refractivity contribution < 1.29 is 58.6 Å². The molecule has 36 heavy (non-hydrogen) atoms. The maximum absolute atomic E-state index is 11.3. The van der Waals surface area contributed by atoms with Gasteiger partial charge in [0.05, 0.1) is 19.8 Å². The summed E-state index contributed by atoms with van der Waals surface area (Å²) in [6.45, 7) is 12.1. The zero-order valence-electron chi connectivity index (χ0n) is 20.4. The third-order valence-corrected chi connectivity index (χ3v) is 5.01. The molecule has 0 aliphatic rings. The highest BCUT2D eigenvalue weighted by Gasteiger charge is 2.37. The molecule has 0 aromatic heterocycles. The zero-order valence-corrected chi connectivity index (χ0v) is 20.4. The van der Waals surface area contributed by atoms with E-state index < -0.39 is 34.7 Å². The summed E-state index contributed by atoms with van der Waals surface area (Å²) >= 11 is 0. The van der Waals surface area contributed by atoms with Crippen LogP contribution in [0.1, 0.15) is 6.92 Å². The summed E-state index contributed by atoms with van der Waals surface area (Å²) in [5, 5.41) is 35.3. The number of aliphatic hydroxyl groups is 4. The summed E-state index contributed by atoms with van der Waals surface area (Å²) < 4.78 is 19.8. The third-order valence-electron chi connectivity index (χ3n) is 5.01. The Bertz CT molecular complexity index is 644. The van der Waals surface area contributed by atoms with Crippen LogP contribution in [0.25, 0.3) is 0 Å². The monoisotopic (exact) mass is 516 g/mol. The summed E-state index contributed by atoms with van der Waals surface area (Å²) in [6, 6.07) is 0. The number of hydrogen-bond acceptors (Lipinski definition) is 12. The van der Waals surface area contributed by atoms with Gasteiger partial charge in [-0.2, -0.15) is 0 Å². The fourth-order valence-electron chi connectivity index (χ4n) is 2.19. The van der Waals surface area contributed by atoms with E-state index in [1.54, 1.807) is 6.92 Å². The van der Waals surface area contributed by atoms with E-state index in [-0.39, 0.29) is 58.8 Å². The van der Waals surface area contributed by atoms with Gasteiger partial charge in [0.1, 0.15) is 31.8 Å². The van der Waals surface area contributed by atoms with Crippen molar-refractivity contribution in [1.82, 2.24) is 0 Å². The summed E-state index contributed by atoms with van der Waals surface area (Å²) in [5.74, 6) is -3.34. The summed E-state index contributed by atoms with van der Waals surface area (Å²) in [6.07, 6.45) is 3.69. The van der Waals surface area contributed by atoms with E-state index >= 15 is 0 Å². The maximum atomic E-state index is 11.3. The van der Waals surface area contributed by atoms with Gasteiger partial charge in [0.2, 0.25) is 0 Å². The molecule has 0 bridgehead atoms. The Kier molecular flexibility index (Phi) is 18.3. The third kappa shape index (κ3) is 13.0. The topological polar surface area (TPSA) is 186 Å². The Hall–Kier alpha value is -3.32. The number of ether oxygens (including phenoxy) is 4. The minimum Gasteiger partial charge on any atom is -0.462 e. The first-order valence-corrected chi connectivity index (χ1v) is 10.6. The minimum absolute atomic E-state index is 0.151. The molecular formula is C24H36O12. The SMILES string of the molecule is C=CC(=O)OCC(COC(=O)C=C)(COC(=O)C=C)COC(=O)C=C.CC(CO)C(CO)(CO)CO. The first-order valence-electron chi connectivity index (χ1n) is 10.6. The molecular weight excluding hydrogens is 480 g/mol. The van der Waals surface area contributed by atoms with Gasteiger partial charge < -0.3 is 39.4 Å². The van der Waals surface area contributed by atoms with Gasteiger partial charge in [0.25, 0.3) is 0 Å². The molecule has 0 amide bonds. The Morgan fingerprint density at radius 3 is 1.03 bits per heavy atom. The van der Waals surface area contributed by atoms with Gasteiger partial charge in [-0.15, -0.1) is 0 Å². The lowest BCUT2D eigenvalue weighted by atomic mass is 9.79. The van der Waals surface area contributed by atoms with Gasteiger partial charge >= 0.3 is 23.9 Å². The molecule has 0 rings (SSSR count). The molecule has 0 aromatic carbocycles. The number of hydrogen-bond donors (Lipinski definition) is 4. The maximum Gasteiger partial charge on any atom is 0.330 e. The zero-order chi connectivity index (χ0) is 28.2. The molecule has 12 nitrogen and oxygen atoms in total. The van der Waals surface area contributed by atoms with Gasteiger partial charge in [-0.3, -0.25) is 0 Å². The fraction of sp³-hybridized carbons (Fsp3) is 0.500. The molecule has 0 saturated heterocycles. The fourth-order valence-corrected chi connectivity index (χ4v) is 2.19. The van der Waals surface area contributed by atoms with Gasteiger partial charge in [-0.05, 0) is 5.92 Å². The van der Waals surface area contributed by atoms with Crippen LogP contribution in [-0.2, 0) is 38.1 Å². The van der Waals surface area contributed by atoms with E-state index in [4.69, 9.17) is 39.4 Å². The lowest BCUT2D eigenvalue weighted by Crippen LogP contribution is -2.43. The van der Waals surface area contributed by atoms with Crippen molar-refractivity contribution in [1.29, 1.82) is 0 Å². The predicted octanol–water partition coefficient (Wildman–Crippen LogP) is -0.532. The molecule has 1 unspecified atom stereocenters. The van der Waals surface area contributed by atoms with E-state index in [2.05, 4.69) is 26.3 Å². The number of rotatable bonds is 17. The molecule has 12 heteroatoms. The molecule has 204 valence electrons. The standard InChI is InChI=1S/C17H20O8.C7H16O4/c1-5-13(18)22-9-17(10-23-14(19)6-2,11-24-15(20)7-3)12-25-16(21)8-4;1-6(2-8)7(3-9,4-10)5-11/h5-8H,1-4,9-12H2;6,8-11H,2-5H2,1H3. The molecule has 0 aliphatic carbocycles. The second-order valence-corrected chi connectivity index (χ2v) is 7.67. The van der Waals surface area contributed by atoms with Crippen LogP contribution in [0.5, 0.6) is 0 Å². The van der Waals surface area contributed by atoms with Crippen LogP contribution in [-0.4, -0.2) is 97.2 Å². The molecule has 0 heterocycles. The highest BCUT2D eigenvalue weighted by Crippen LogP contribution is 2.25. The lowest BCUT2D eigenvalue weighted by Gasteiger charge is -2.32. The van der Waals surface area contributed by atoms with Gasteiger partial charge in [-0.1, -0.05) is 33.2 Å². The second-order valence-electron chi connectivity index (χ2n) is 7.67. The minimum atomic E-state index is -1.34. The van der Waals surface area contributed by atoms with E-state index in [9.17, 15) is 19.2 Å². The van der Waals surface area contributed by atoms with Crippen LogP contribution in [0.3, 0.4) is 0 Å². The van der Waals surface area contributed by atoms with Crippen LogP contribution in [0.15, 0.2) is 50.6 Å². The summed E-state index contributed by atoms with van der Waals surface area (Å²) in [4.78, 5) is 45.3. The first kappa shape index (κ1) is 34.8. The van der Waals surface area contributed by atoms with E-state index in [0.29, 0.717) is 0 Å². The Morgan fingerprint density at radius 1 is 0.639 bits per heavy atom. The van der Waals surface area contributed by atoms with Crippen molar-refractivity contribution in [3.63, 3.8) is 0 Å². The van der Waals surface area contributed by atoms with Crippen LogP contribution in [0.4, 0.5) is 0 Å². The second kappa shape index (κ2) is 18.9. The Labute approximate surface area is 210 Å². The van der Waals surface area contributed by atoms with Gasteiger partial charge in [-0.25, -0.2) is 19.2 Å². The Morgan fingerprint density at radius 2 is 0.889 bits per heavy atom. The van der Waals surface area contributed by atoms with Crippen LogP contribution in [0.2, 0.25) is 0 Å². The van der Waals surface area contributed by atoms with Crippen LogP contribution >= 0.6 is 0 Å². The molecule has 0 radical (unpaired) electrons. The predicted molar refractivity (Wildman–Crippen MR) is 127 cm³/mol. The normalized spacial score (nSPS) is 11.5. The molecule has 0 aromatic rings. The average Bonchev–Trinajstić information content (AvgIpc) is 2.92. The quantitative estimate of drug-likeness (QED) is 0.110. The number of carbonyl (C=O) groups excluding carboxylic acids is 4.